The number of benzene rings is 1. The Bertz CT molecular complexity index is 1350. The van der Waals surface area contributed by atoms with Crippen molar-refractivity contribution in [2.75, 3.05) is 43.9 Å². The molecule has 5 rings (SSSR count). The highest BCUT2D eigenvalue weighted by atomic mass is 32.2. The van der Waals surface area contributed by atoms with E-state index < -0.39 is 10.0 Å². The first-order valence-corrected chi connectivity index (χ1v) is 13.6. The summed E-state index contributed by atoms with van der Waals surface area (Å²) in [6.07, 6.45) is 3.28. The molecular weight excluding hydrogens is 468 g/mol. The molecule has 1 amide bonds. The van der Waals surface area contributed by atoms with E-state index in [-0.39, 0.29) is 17.9 Å². The highest BCUT2D eigenvalue weighted by molar-refractivity contribution is 7.88. The molecule has 0 radical (unpaired) electrons. The molecule has 0 saturated carbocycles. The van der Waals surface area contributed by atoms with Gasteiger partial charge in [-0.25, -0.2) is 18.4 Å². The van der Waals surface area contributed by atoms with Crippen molar-refractivity contribution in [2.24, 2.45) is 13.0 Å². The molecule has 11 heteroatoms. The summed E-state index contributed by atoms with van der Waals surface area (Å²) in [4.78, 5) is 23.2. The molecule has 10 nitrogen and oxygen atoms in total. The highest BCUT2D eigenvalue weighted by Gasteiger charge is 2.29. The lowest BCUT2D eigenvalue weighted by molar-refractivity contribution is -0.119. The molecule has 1 aromatic carbocycles. The minimum atomic E-state index is -3.15. The van der Waals surface area contributed by atoms with Crippen molar-refractivity contribution in [1.82, 2.24) is 24.2 Å². The molecule has 2 atom stereocenters. The third-order valence-electron chi connectivity index (χ3n) is 6.87. The zero-order chi connectivity index (χ0) is 24.7. The Labute approximate surface area is 205 Å². The van der Waals surface area contributed by atoms with Gasteiger partial charge in [0.15, 0.2) is 0 Å². The van der Waals surface area contributed by atoms with Crippen molar-refractivity contribution < 1.29 is 17.9 Å². The third-order valence-corrected chi connectivity index (χ3v) is 8.17. The molecule has 2 aliphatic heterocycles. The number of fused-ring (bicyclic) bond motifs is 1. The maximum absolute atomic E-state index is 11.8. The minimum absolute atomic E-state index is 0.0515. The summed E-state index contributed by atoms with van der Waals surface area (Å²) in [6.45, 7) is 4.85. The van der Waals surface area contributed by atoms with Gasteiger partial charge in [-0.3, -0.25) is 4.79 Å². The molecule has 4 heterocycles. The monoisotopic (exact) mass is 498 g/mol. The molecule has 0 aliphatic carbocycles. The summed E-state index contributed by atoms with van der Waals surface area (Å²) >= 11 is 0. The van der Waals surface area contributed by atoms with Crippen molar-refractivity contribution in [3.63, 3.8) is 0 Å². The van der Waals surface area contributed by atoms with Crippen molar-refractivity contribution in [3.8, 4) is 17.1 Å². The van der Waals surface area contributed by atoms with Crippen LogP contribution in [0, 0.1) is 5.92 Å². The van der Waals surface area contributed by atoms with Crippen LogP contribution in [0.1, 0.15) is 13.3 Å². The average molecular weight is 499 g/mol. The van der Waals surface area contributed by atoms with Crippen LogP contribution in [0.5, 0.6) is 5.88 Å². The quantitative estimate of drug-likeness (QED) is 0.550. The van der Waals surface area contributed by atoms with Gasteiger partial charge in [-0.15, -0.1) is 0 Å². The van der Waals surface area contributed by atoms with E-state index in [1.807, 2.05) is 48.9 Å². The van der Waals surface area contributed by atoms with Crippen LogP contribution >= 0.6 is 0 Å². The number of piperazine rings is 1. The number of nitrogens with zero attached hydrogens (tertiary/aromatic N) is 5. The smallest absolute Gasteiger partial charge is 0.241 e. The lowest BCUT2D eigenvalue weighted by Crippen LogP contribution is -2.48. The molecule has 2 aliphatic rings. The summed E-state index contributed by atoms with van der Waals surface area (Å²) in [7, 11) is -1.24. The van der Waals surface area contributed by atoms with E-state index in [0.717, 1.165) is 28.0 Å². The van der Waals surface area contributed by atoms with Gasteiger partial charge < -0.3 is 19.5 Å². The fourth-order valence-corrected chi connectivity index (χ4v) is 5.55. The Balaban J connectivity index is 1.37. The lowest BCUT2D eigenvalue weighted by Gasteiger charge is -2.34. The largest absolute Gasteiger partial charge is 0.473 e. The molecule has 0 unspecified atom stereocenters. The Morgan fingerprint density at radius 3 is 2.49 bits per heavy atom. The maximum atomic E-state index is 11.8. The second kappa shape index (κ2) is 9.12. The van der Waals surface area contributed by atoms with Gasteiger partial charge in [-0.2, -0.15) is 4.31 Å². The molecule has 2 saturated heterocycles. The van der Waals surface area contributed by atoms with Gasteiger partial charge in [0.1, 0.15) is 11.6 Å². The zero-order valence-electron chi connectivity index (χ0n) is 20.1. The Morgan fingerprint density at radius 2 is 1.86 bits per heavy atom. The van der Waals surface area contributed by atoms with Crippen LogP contribution in [-0.4, -0.2) is 78.2 Å². The van der Waals surface area contributed by atoms with E-state index in [4.69, 9.17) is 9.72 Å². The molecule has 0 bridgehead atoms. The van der Waals surface area contributed by atoms with Crippen LogP contribution in [0.4, 0.5) is 5.69 Å². The van der Waals surface area contributed by atoms with Crippen molar-refractivity contribution >= 4 is 32.7 Å². The number of aryl methyl sites for hydroxylation is 1. The number of hydrogen-bond donors (Lipinski definition) is 1. The Hall–Kier alpha value is -3.18. The van der Waals surface area contributed by atoms with E-state index in [1.165, 1.54) is 10.6 Å². The number of sulfonamides is 1. The SMILES string of the molecule is C[C@@H](Oc1nc(-c2ccc(N3CCN(S(C)(=O)=O)CC3)cc2)cc2ncn(C)c12)[C@H]1CNC(=O)C1. The number of carbonyl (C=O) groups excluding carboxylic acids is 1. The summed E-state index contributed by atoms with van der Waals surface area (Å²) in [5.41, 5.74) is 4.35. The first-order chi connectivity index (χ1) is 16.7. The summed E-state index contributed by atoms with van der Waals surface area (Å²) in [6, 6.07) is 10.1. The fourth-order valence-electron chi connectivity index (χ4n) is 4.72. The van der Waals surface area contributed by atoms with E-state index in [9.17, 15) is 13.2 Å². The number of ether oxygens (including phenoxy) is 1. The number of rotatable bonds is 6. The summed E-state index contributed by atoms with van der Waals surface area (Å²) in [5, 5.41) is 2.87. The topological polar surface area (TPSA) is 110 Å². The number of nitrogens with one attached hydrogen (secondary N) is 1. The van der Waals surface area contributed by atoms with Crippen LogP contribution < -0.4 is 15.0 Å². The van der Waals surface area contributed by atoms with Gasteiger partial charge in [0.05, 0.1) is 23.8 Å². The van der Waals surface area contributed by atoms with Gasteiger partial charge in [-0.1, -0.05) is 12.1 Å². The Morgan fingerprint density at radius 1 is 1.14 bits per heavy atom. The Kier molecular flexibility index (Phi) is 6.14. The van der Waals surface area contributed by atoms with Crippen LogP contribution in [0.3, 0.4) is 0 Å². The van der Waals surface area contributed by atoms with Crippen LogP contribution in [0.15, 0.2) is 36.7 Å². The van der Waals surface area contributed by atoms with Crippen LogP contribution in [-0.2, 0) is 21.9 Å². The minimum Gasteiger partial charge on any atom is -0.473 e. The van der Waals surface area contributed by atoms with E-state index >= 15 is 0 Å². The number of pyridine rings is 1. The van der Waals surface area contributed by atoms with E-state index in [2.05, 4.69) is 15.2 Å². The van der Waals surface area contributed by atoms with Gasteiger partial charge >= 0.3 is 0 Å². The predicted octanol–water partition coefficient (Wildman–Crippen LogP) is 1.62. The lowest BCUT2D eigenvalue weighted by atomic mass is 10.0. The standard InChI is InChI=1S/C24H30N6O4S/c1-16(18-12-22(31)25-14-18)34-24-23-21(26-15-28(23)2)13-20(27-24)17-4-6-19(7-5-17)29-8-10-30(11-9-29)35(3,32)33/h4-7,13,15-16,18H,8-12,14H2,1-3H3,(H,25,31)/t16-,18-/m1/s1. The summed E-state index contributed by atoms with van der Waals surface area (Å²) in [5.74, 6) is 0.652. The van der Waals surface area contributed by atoms with Gasteiger partial charge in [0.2, 0.25) is 21.8 Å². The van der Waals surface area contributed by atoms with Crippen molar-refractivity contribution in [1.29, 1.82) is 0 Å². The first-order valence-electron chi connectivity index (χ1n) is 11.7. The van der Waals surface area contributed by atoms with E-state index in [1.54, 1.807) is 6.33 Å². The van der Waals surface area contributed by atoms with E-state index in [0.29, 0.717) is 45.0 Å². The zero-order valence-corrected chi connectivity index (χ0v) is 21.0. The average Bonchev–Trinajstić information content (AvgIpc) is 3.44. The molecule has 3 aromatic rings. The molecule has 2 fully saturated rings. The number of anilines is 1. The molecule has 2 aromatic heterocycles. The number of aromatic nitrogens is 3. The maximum Gasteiger partial charge on any atom is 0.241 e. The second-order valence-corrected chi connectivity index (χ2v) is 11.3. The highest BCUT2D eigenvalue weighted by Crippen LogP contribution is 2.31. The number of hydrogen-bond acceptors (Lipinski definition) is 7. The van der Waals surface area contributed by atoms with Crippen molar-refractivity contribution in [3.05, 3.63) is 36.7 Å². The van der Waals surface area contributed by atoms with Gasteiger partial charge in [0.25, 0.3) is 0 Å². The molecule has 35 heavy (non-hydrogen) atoms. The number of carbonyl (C=O) groups is 1. The van der Waals surface area contributed by atoms with Crippen LogP contribution in [0.25, 0.3) is 22.3 Å². The molecular formula is C24H30N6O4S. The fraction of sp³-hybridized carbons (Fsp3) is 0.458. The molecule has 1 N–H and O–H groups in total. The van der Waals surface area contributed by atoms with Crippen LogP contribution in [0.2, 0.25) is 0 Å². The number of imidazole rings is 1. The van der Waals surface area contributed by atoms with Crippen molar-refractivity contribution in [2.45, 2.75) is 19.4 Å². The second-order valence-electron chi connectivity index (χ2n) is 9.32. The van der Waals surface area contributed by atoms with Gasteiger partial charge in [0, 0.05) is 63.4 Å². The first kappa shape index (κ1) is 23.6. The molecule has 186 valence electrons. The van der Waals surface area contributed by atoms with Gasteiger partial charge in [-0.05, 0) is 25.1 Å². The molecule has 0 spiro atoms. The number of amides is 1. The third kappa shape index (κ3) is 4.83. The normalized spacial score (nSPS) is 20.3. The summed E-state index contributed by atoms with van der Waals surface area (Å²) < 4.78 is 33.3. The predicted molar refractivity (Wildman–Crippen MR) is 134 cm³/mol.